The molecule has 0 amide bonds. The number of halogens is 1. The second-order valence-electron chi connectivity index (χ2n) is 3.87. The normalized spacial score (nSPS) is 13.1. The zero-order valence-corrected chi connectivity index (χ0v) is 10.4. The van der Waals surface area contributed by atoms with Gasteiger partial charge in [0.15, 0.2) is 0 Å². The first-order valence-electron chi connectivity index (χ1n) is 5.48. The lowest BCUT2D eigenvalue weighted by molar-refractivity contribution is 0.235. The molecule has 1 atom stereocenters. The van der Waals surface area contributed by atoms with Crippen LogP contribution in [-0.4, -0.2) is 21.5 Å². The molecule has 1 aromatic heterocycles. The molecular weight excluding hydrogens is 212 g/mol. The highest BCUT2D eigenvalue weighted by Crippen LogP contribution is 2.23. The monoisotopic (exact) mass is 230 g/mol. The maximum atomic E-state index is 9.04. The molecule has 3 nitrogen and oxygen atoms in total. The summed E-state index contributed by atoms with van der Waals surface area (Å²) in [6.07, 6.45) is 1.64. The first-order valence-corrected chi connectivity index (χ1v) is 5.86. The van der Waals surface area contributed by atoms with Gasteiger partial charge in [-0.3, -0.25) is 4.68 Å². The van der Waals surface area contributed by atoms with Crippen LogP contribution in [0.2, 0.25) is 5.02 Å². The summed E-state index contributed by atoms with van der Waals surface area (Å²) in [5.41, 5.74) is 2.01. The Balaban J connectivity index is 2.97. The third-order valence-corrected chi connectivity index (χ3v) is 2.98. The average molecular weight is 231 g/mol. The van der Waals surface area contributed by atoms with Crippen molar-refractivity contribution < 1.29 is 5.11 Å². The lowest BCUT2D eigenvalue weighted by atomic mass is 10.1. The Morgan fingerprint density at radius 3 is 2.60 bits per heavy atom. The van der Waals surface area contributed by atoms with E-state index in [9.17, 15) is 0 Å². The number of aliphatic hydroxyl groups is 1. The second-order valence-corrected chi connectivity index (χ2v) is 4.25. The highest BCUT2D eigenvalue weighted by Gasteiger charge is 2.16. The quantitative estimate of drug-likeness (QED) is 0.843. The van der Waals surface area contributed by atoms with Crippen molar-refractivity contribution in [2.24, 2.45) is 5.92 Å². The minimum Gasteiger partial charge on any atom is -0.396 e. The van der Waals surface area contributed by atoms with E-state index in [1.165, 1.54) is 0 Å². The fraction of sp³-hybridized carbons (Fsp3) is 0.727. The Bertz CT molecular complexity index is 323. The standard InChI is InChI=1S/C11H19ClN2O/c1-4-9-11(12)10(6-8(3)7-15)14(5-2)13-9/h8,15H,4-7H2,1-3H3. The highest BCUT2D eigenvalue weighted by atomic mass is 35.5. The van der Waals surface area contributed by atoms with Crippen LogP contribution in [0.3, 0.4) is 0 Å². The van der Waals surface area contributed by atoms with Gasteiger partial charge in [0, 0.05) is 13.2 Å². The molecule has 1 heterocycles. The molecule has 1 N–H and O–H groups in total. The van der Waals surface area contributed by atoms with Crippen LogP contribution in [0, 0.1) is 5.92 Å². The van der Waals surface area contributed by atoms with E-state index in [1.54, 1.807) is 0 Å². The minimum absolute atomic E-state index is 0.187. The first-order chi connectivity index (χ1) is 7.13. The molecule has 0 fully saturated rings. The van der Waals surface area contributed by atoms with Crippen LogP contribution in [0.15, 0.2) is 0 Å². The molecule has 15 heavy (non-hydrogen) atoms. The lowest BCUT2D eigenvalue weighted by Crippen LogP contribution is -2.10. The molecule has 0 bridgehead atoms. The van der Waals surface area contributed by atoms with Gasteiger partial charge in [0.25, 0.3) is 0 Å². The summed E-state index contributed by atoms with van der Waals surface area (Å²) in [5.74, 6) is 0.231. The fourth-order valence-corrected chi connectivity index (χ4v) is 1.95. The smallest absolute Gasteiger partial charge is 0.0849 e. The zero-order valence-electron chi connectivity index (χ0n) is 9.63. The molecule has 0 aliphatic carbocycles. The molecule has 1 unspecified atom stereocenters. The molecule has 1 rings (SSSR count). The van der Waals surface area contributed by atoms with Gasteiger partial charge in [-0.25, -0.2) is 0 Å². The van der Waals surface area contributed by atoms with Gasteiger partial charge in [-0.15, -0.1) is 0 Å². The molecule has 86 valence electrons. The van der Waals surface area contributed by atoms with Crippen LogP contribution in [-0.2, 0) is 19.4 Å². The first kappa shape index (κ1) is 12.5. The van der Waals surface area contributed by atoms with Crippen molar-refractivity contribution in [3.63, 3.8) is 0 Å². The molecule has 0 saturated heterocycles. The van der Waals surface area contributed by atoms with Crippen LogP contribution < -0.4 is 0 Å². The van der Waals surface area contributed by atoms with Crippen molar-refractivity contribution in [3.05, 3.63) is 16.4 Å². The largest absolute Gasteiger partial charge is 0.396 e. The summed E-state index contributed by atoms with van der Waals surface area (Å²) in [5, 5.41) is 14.3. The van der Waals surface area contributed by atoms with Crippen molar-refractivity contribution in [2.75, 3.05) is 6.61 Å². The van der Waals surface area contributed by atoms with E-state index < -0.39 is 0 Å². The molecule has 0 spiro atoms. The van der Waals surface area contributed by atoms with Gasteiger partial charge in [0.2, 0.25) is 0 Å². The van der Waals surface area contributed by atoms with Crippen LogP contribution in [0.4, 0.5) is 0 Å². The van der Waals surface area contributed by atoms with E-state index in [4.69, 9.17) is 16.7 Å². The fourth-order valence-electron chi connectivity index (χ4n) is 1.61. The van der Waals surface area contributed by atoms with E-state index in [0.717, 1.165) is 35.8 Å². The van der Waals surface area contributed by atoms with Gasteiger partial charge in [0.05, 0.1) is 16.4 Å². The lowest BCUT2D eigenvalue weighted by Gasteiger charge is -2.09. The number of aliphatic hydroxyl groups excluding tert-OH is 1. The van der Waals surface area contributed by atoms with Gasteiger partial charge in [0.1, 0.15) is 0 Å². The van der Waals surface area contributed by atoms with Gasteiger partial charge in [-0.05, 0) is 25.7 Å². The van der Waals surface area contributed by atoms with Crippen LogP contribution in [0.25, 0.3) is 0 Å². The topological polar surface area (TPSA) is 38.0 Å². The number of rotatable bonds is 5. The SMILES string of the molecule is CCc1nn(CC)c(CC(C)CO)c1Cl. The van der Waals surface area contributed by atoms with Crippen molar-refractivity contribution in [1.29, 1.82) is 0 Å². The Morgan fingerprint density at radius 2 is 2.13 bits per heavy atom. The van der Waals surface area contributed by atoms with Gasteiger partial charge in [-0.1, -0.05) is 25.4 Å². The second kappa shape index (κ2) is 5.52. The summed E-state index contributed by atoms with van der Waals surface area (Å²) < 4.78 is 1.94. The van der Waals surface area contributed by atoms with E-state index in [2.05, 4.69) is 12.0 Å². The predicted octanol–water partition coefficient (Wildman–Crippen LogP) is 2.29. The van der Waals surface area contributed by atoms with E-state index in [1.807, 2.05) is 18.5 Å². The van der Waals surface area contributed by atoms with E-state index in [-0.39, 0.29) is 12.5 Å². The summed E-state index contributed by atoms with van der Waals surface area (Å²) in [6.45, 7) is 7.12. The Labute approximate surface area is 96.1 Å². The van der Waals surface area contributed by atoms with Gasteiger partial charge >= 0.3 is 0 Å². The third kappa shape index (κ3) is 2.73. The number of aromatic nitrogens is 2. The minimum atomic E-state index is 0.187. The third-order valence-electron chi connectivity index (χ3n) is 2.55. The molecule has 0 aliphatic rings. The summed E-state index contributed by atoms with van der Waals surface area (Å²) >= 11 is 6.24. The highest BCUT2D eigenvalue weighted by molar-refractivity contribution is 6.31. The maximum Gasteiger partial charge on any atom is 0.0849 e. The summed E-state index contributed by atoms with van der Waals surface area (Å²) in [6, 6.07) is 0. The van der Waals surface area contributed by atoms with E-state index in [0.29, 0.717) is 0 Å². The van der Waals surface area contributed by atoms with Crippen LogP contribution >= 0.6 is 11.6 Å². The van der Waals surface area contributed by atoms with Crippen molar-refractivity contribution in [3.8, 4) is 0 Å². The van der Waals surface area contributed by atoms with Crippen LogP contribution in [0.1, 0.15) is 32.2 Å². The van der Waals surface area contributed by atoms with Gasteiger partial charge < -0.3 is 5.11 Å². The molecule has 0 saturated carbocycles. The maximum absolute atomic E-state index is 9.04. The molecule has 0 aromatic carbocycles. The molecule has 0 aliphatic heterocycles. The Hall–Kier alpha value is -0.540. The van der Waals surface area contributed by atoms with Crippen molar-refractivity contribution >= 4 is 11.6 Å². The predicted molar refractivity (Wildman–Crippen MR) is 62.2 cm³/mol. The average Bonchev–Trinajstić information content (AvgIpc) is 2.55. The number of hydrogen-bond donors (Lipinski definition) is 1. The summed E-state index contributed by atoms with van der Waals surface area (Å²) in [7, 11) is 0. The van der Waals surface area contributed by atoms with Crippen LogP contribution in [0.5, 0.6) is 0 Å². The van der Waals surface area contributed by atoms with E-state index >= 15 is 0 Å². The van der Waals surface area contributed by atoms with Crippen molar-refractivity contribution in [1.82, 2.24) is 9.78 Å². The number of nitrogens with zero attached hydrogens (tertiary/aromatic N) is 2. The molecular formula is C11H19ClN2O. The number of aryl methyl sites for hydroxylation is 2. The summed E-state index contributed by atoms with van der Waals surface area (Å²) in [4.78, 5) is 0. The Kier molecular flexibility index (Phi) is 4.61. The molecule has 1 aromatic rings. The molecule has 4 heteroatoms. The Morgan fingerprint density at radius 1 is 1.47 bits per heavy atom. The molecule has 0 radical (unpaired) electrons. The zero-order chi connectivity index (χ0) is 11.4. The van der Waals surface area contributed by atoms with Crippen molar-refractivity contribution in [2.45, 2.75) is 40.2 Å². The number of hydrogen-bond acceptors (Lipinski definition) is 2. The van der Waals surface area contributed by atoms with Gasteiger partial charge in [-0.2, -0.15) is 5.10 Å².